The van der Waals surface area contributed by atoms with Crippen LogP contribution in [0.15, 0.2) is 52.8 Å². The topological polar surface area (TPSA) is 103 Å². The molecular weight excluding hydrogens is 595 g/mol. The molecule has 4 rings (SSSR count). The van der Waals surface area contributed by atoms with Crippen molar-refractivity contribution in [3.8, 4) is 0 Å². The number of rotatable bonds is 12. The number of aromatic nitrogens is 5. The SMILES string of the molecule is Cc1c(SCCCSCCn2c([N+](=O)[O-])cnc2C)ccnc1CSc1nc2ccccc2[nH]1.Cl.Cl.Cl. The number of halogens is 3. The number of thioether (sulfide) groups is 3. The number of nitrogens with zero attached hydrogens (tertiary/aromatic N) is 5. The minimum absolute atomic E-state index is 0. The van der Waals surface area contributed by atoms with Crippen molar-refractivity contribution >= 4 is 89.4 Å². The van der Waals surface area contributed by atoms with Crippen LogP contribution >= 0.6 is 72.5 Å². The predicted octanol–water partition coefficient (Wildman–Crippen LogP) is 7.15. The van der Waals surface area contributed by atoms with Gasteiger partial charge in [-0.1, -0.05) is 23.9 Å². The summed E-state index contributed by atoms with van der Waals surface area (Å²) in [4.78, 5) is 28.6. The fourth-order valence-electron chi connectivity index (χ4n) is 3.47. The molecule has 0 aliphatic heterocycles. The fraction of sp³-hybridized carbons (Fsp3) is 0.348. The van der Waals surface area contributed by atoms with Crippen LogP contribution in [0.3, 0.4) is 0 Å². The Morgan fingerprint density at radius 1 is 1.03 bits per heavy atom. The van der Waals surface area contributed by atoms with E-state index < -0.39 is 0 Å². The second kappa shape index (κ2) is 16.4. The zero-order chi connectivity index (χ0) is 23.9. The molecule has 14 heteroatoms. The quantitative estimate of drug-likeness (QED) is 0.0768. The highest BCUT2D eigenvalue weighted by Crippen LogP contribution is 2.29. The van der Waals surface area contributed by atoms with Crippen molar-refractivity contribution in [2.24, 2.45) is 0 Å². The number of nitrogens with one attached hydrogen (secondary N) is 1. The average Bonchev–Trinajstić information content (AvgIpc) is 3.41. The molecule has 37 heavy (non-hydrogen) atoms. The van der Waals surface area contributed by atoms with E-state index in [0.717, 1.165) is 51.3 Å². The number of fused-ring (bicyclic) bond motifs is 1. The summed E-state index contributed by atoms with van der Waals surface area (Å²) in [5.74, 6) is 4.41. The summed E-state index contributed by atoms with van der Waals surface area (Å²) in [7, 11) is 0. The van der Waals surface area contributed by atoms with Gasteiger partial charge in [0, 0.05) is 29.5 Å². The molecule has 0 fully saturated rings. The first-order chi connectivity index (χ1) is 16.5. The average molecular weight is 624 g/mol. The van der Waals surface area contributed by atoms with Gasteiger partial charge in [-0.15, -0.1) is 49.0 Å². The number of nitro groups is 1. The molecule has 0 saturated carbocycles. The molecule has 4 aromatic rings. The lowest BCUT2D eigenvalue weighted by molar-refractivity contribution is -0.392. The summed E-state index contributed by atoms with van der Waals surface area (Å²) in [5, 5.41) is 12.0. The van der Waals surface area contributed by atoms with E-state index in [1.165, 1.54) is 16.7 Å². The molecule has 0 unspecified atom stereocenters. The Morgan fingerprint density at radius 3 is 2.57 bits per heavy atom. The van der Waals surface area contributed by atoms with E-state index in [1.807, 2.05) is 54.0 Å². The summed E-state index contributed by atoms with van der Waals surface area (Å²) < 4.78 is 1.67. The zero-order valence-electron chi connectivity index (χ0n) is 20.3. The number of aryl methyl sites for hydroxylation is 1. The lowest BCUT2D eigenvalue weighted by Crippen LogP contribution is -2.07. The van der Waals surface area contributed by atoms with Crippen LogP contribution in [0.25, 0.3) is 11.0 Å². The lowest BCUT2D eigenvalue weighted by atomic mass is 10.2. The second-order valence-electron chi connectivity index (χ2n) is 7.62. The molecule has 0 bridgehead atoms. The normalized spacial score (nSPS) is 10.4. The van der Waals surface area contributed by atoms with E-state index in [2.05, 4.69) is 32.9 Å². The van der Waals surface area contributed by atoms with Gasteiger partial charge in [0.25, 0.3) is 0 Å². The molecular formula is C23H29Cl3N6O2S3. The van der Waals surface area contributed by atoms with E-state index in [0.29, 0.717) is 12.4 Å². The summed E-state index contributed by atoms with van der Waals surface area (Å²) in [6.45, 7) is 4.55. The van der Waals surface area contributed by atoms with Crippen LogP contribution in [-0.4, -0.2) is 46.7 Å². The number of benzene rings is 1. The highest BCUT2D eigenvalue weighted by molar-refractivity contribution is 8.00. The van der Waals surface area contributed by atoms with Gasteiger partial charge in [0.2, 0.25) is 0 Å². The largest absolute Gasteiger partial charge is 0.358 e. The Bertz CT molecular complexity index is 1250. The third-order valence-electron chi connectivity index (χ3n) is 5.34. The van der Waals surface area contributed by atoms with Crippen LogP contribution < -0.4 is 0 Å². The third-order valence-corrected chi connectivity index (χ3v) is 8.52. The van der Waals surface area contributed by atoms with E-state index in [4.69, 9.17) is 0 Å². The maximum absolute atomic E-state index is 11.1. The highest BCUT2D eigenvalue weighted by atomic mass is 35.5. The van der Waals surface area contributed by atoms with E-state index >= 15 is 0 Å². The molecule has 0 radical (unpaired) electrons. The summed E-state index contributed by atoms with van der Waals surface area (Å²) in [5.41, 5.74) is 4.35. The van der Waals surface area contributed by atoms with Crippen LogP contribution in [0.5, 0.6) is 0 Å². The first-order valence-electron chi connectivity index (χ1n) is 10.9. The summed E-state index contributed by atoms with van der Waals surface area (Å²) in [6, 6.07) is 10.1. The molecule has 3 heterocycles. The number of aromatic amines is 1. The van der Waals surface area contributed by atoms with Crippen LogP contribution in [-0.2, 0) is 12.3 Å². The number of H-pyrrole nitrogens is 1. The van der Waals surface area contributed by atoms with Crippen molar-refractivity contribution in [3.05, 3.63) is 69.9 Å². The van der Waals surface area contributed by atoms with Crippen molar-refractivity contribution in [2.75, 3.05) is 17.3 Å². The number of hydrogen-bond acceptors (Lipinski definition) is 8. The molecule has 202 valence electrons. The first kappa shape index (κ1) is 33.4. The molecule has 3 aromatic heterocycles. The van der Waals surface area contributed by atoms with E-state index in [9.17, 15) is 10.1 Å². The molecule has 0 spiro atoms. The number of pyridine rings is 1. The fourth-order valence-corrected chi connectivity index (χ4v) is 6.43. The molecule has 1 N–H and O–H groups in total. The molecule has 1 aromatic carbocycles. The Labute approximate surface area is 247 Å². The van der Waals surface area contributed by atoms with Crippen molar-refractivity contribution in [1.82, 2.24) is 24.5 Å². The van der Waals surface area contributed by atoms with Gasteiger partial charge in [0.05, 0.1) is 16.7 Å². The van der Waals surface area contributed by atoms with Gasteiger partial charge in [0.15, 0.2) is 11.0 Å². The molecule has 0 saturated heterocycles. The van der Waals surface area contributed by atoms with Crippen molar-refractivity contribution in [2.45, 2.75) is 42.6 Å². The van der Waals surface area contributed by atoms with E-state index in [1.54, 1.807) is 23.3 Å². The molecule has 8 nitrogen and oxygen atoms in total. The van der Waals surface area contributed by atoms with Gasteiger partial charge in [-0.05, 0) is 53.5 Å². The first-order valence-corrected chi connectivity index (χ1v) is 14.0. The van der Waals surface area contributed by atoms with Crippen LogP contribution in [0.1, 0.15) is 23.5 Å². The van der Waals surface area contributed by atoms with Crippen molar-refractivity contribution in [1.29, 1.82) is 0 Å². The Kier molecular flexibility index (Phi) is 14.8. The monoisotopic (exact) mass is 622 g/mol. The van der Waals surface area contributed by atoms with Crippen molar-refractivity contribution < 1.29 is 4.92 Å². The standard InChI is InChI=1S/C23H26N6O2S3.3ClH/c1-16-20(15-34-23-26-18-6-3-4-7-19(18)27-23)24-9-8-21(16)33-12-5-11-32-13-10-28-17(2)25-14-22(28)29(30)31;;;/h3-4,6-9,14H,5,10-13,15H2,1-2H3,(H,26,27);3*1H. The Hall–Kier alpha value is -1.63. The maximum atomic E-state index is 11.1. The third kappa shape index (κ3) is 8.97. The van der Waals surface area contributed by atoms with Crippen LogP contribution in [0.4, 0.5) is 5.82 Å². The summed E-state index contributed by atoms with van der Waals surface area (Å²) in [6.07, 6.45) is 4.29. The Morgan fingerprint density at radius 2 is 1.81 bits per heavy atom. The van der Waals surface area contributed by atoms with Gasteiger partial charge < -0.3 is 15.1 Å². The van der Waals surface area contributed by atoms with Gasteiger partial charge in [-0.25, -0.2) is 14.5 Å². The van der Waals surface area contributed by atoms with Crippen LogP contribution in [0.2, 0.25) is 0 Å². The van der Waals surface area contributed by atoms with Gasteiger partial charge >= 0.3 is 5.82 Å². The van der Waals surface area contributed by atoms with Crippen molar-refractivity contribution in [3.63, 3.8) is 0 Å². The smallest absolute Gasteiger partial charge is 0.342 e. The Balaban J connectivity index is 0.00000228. The minimum Gasteiger partial charge on any atom is -0.358 e. The van der Waals surface area contributed by atoms with Crippen LogP contribution in [0, 0.1) is 24.0 Å². The van der Waals surface area contributed by atoms with Gasteiger partial charge in [-0.2, -0.15) is 11.8 Å². The van der Waals surface area contributed by atoms with E-state index in [-0.39, 0.29) is 48.0 Å². The zero-order valence-corrected chi connectivity index (χ0v) is 25.2. The molecule has 0 atom stereocenters. The number of imidazole rings is 2. The number of para-hydroxylation sites is 2. The molecule has 0 amide bonds. The second-order valence-corrected chi connectivity index (χ2v) is 10.9. The summed E-state index contributed by atoms with van der Waals surface area (Å²) >= 11 is 5.35. The minimum atomic E-state index is -0.373. The number of hydrogen-bond donors (Lipinski definition) is 1. The maximum Gasteiger partial charge on any atom is 0.342 e. The molecule has 0 aliphatic rings. The van der Waals surface area contributed by atoms with Gasteiger partial charge in [0.1, 0.15) is 12.7 Å². The predicted molar refractivity (Wildman–Crippen MR) is 163 cm³/mol. The highest BCUT2D eigenvalue weighted by Gasteiger charge is 2.16. The van der Waals surface area contributed by atoms with Gasteiger partial charge in [-0.3, -0.25) is 4.98 Å². The lowest BCUT2D eigenvalue weighted by Gasteiger charge is -2.09. The molecule has 0 aliphatic carbocycles.